The molecule has 0 aliphatic carbocycles. The van der Waals surface area contributed by atoms with Crippen LogP contribution in [0.1, 0.15) is 31.7 Å². The molecule has 3 rings (SSSR count). The van der Waals surface area contributed by atoms with Crippen LogP contribution in [0.3, 0.4) is 0 Å². The van der Waals surface area contributed by atoms with Gasteiger partial charge in [-0.15, -0.1) is 0 Å². The van der Waals surface area contributed by atoms with Crippen molar-refractivity contribution in [2.24, 2.45) is 0 Å². The molecule has 1 aromatic carbocycles. The number of rotatable bonds is 7. The minimum absolute atomic E-state index is 0.123. The summed E-state index contributed by atoms with van der Waals surface area (Å²) >= 11 is 0. The predicted octanol–water partition coefficient (Wildman–Crippen LogP) is 3.95. The summed E-state index contributed by atoms with van der Waals surface area (Å²) < 4.78 is 29.6. The van der Waals surface area contributed by atoms with Gasteiger partial charge < -0.3 is 14.0 Å². The predicted molar refractivity (Wildman–Crippen MR) is 88.3 cm³/mol. The second-order valence-electron chi connectivity index (χ2n) is 5.32. The second-order valence-corrected chi connectivity index (χ2v) is 5.32. The number of aromatic nitrogens is 3. The molecule has 1 atom stereocenters. The number of hydrogen-bond acceptors (Lipinski definition) is 6. The fourth-order valence-corrected chi connectivity index (χ4v) is 2.27. The highest BCUT2D eigenvalue weighted by molar-refractivity contribution is 5.60. The van der Waals surface area contributed by atoms with Gasteiger partial charge in [-0.1, -0.05) is 17.3 Å². The maximum absolute atomic E-state index is 13.3. The van der Waals surface area contributed by atoms with Crippen molar-refractivity contribution in [1.29, 1.82) is 0 Å². The summed E-state index contributed by atoms with van der Waals surface area (Å²) in [7, 11) is 0. The number of ether oxygens (including phenoxy) is 2. The molecule has 2 heterocycles. The Hall–Kier alpha value is -2.80. The summed E-state index contributed by atoms with van der Waals surface area (Å²) in [4.78, 5) is 8.48. The van der Waals surface area contributed by atoms with Gasteiger partial charge in [-0.25, -0.2) is 4.39 Å². The third kappa shape index (κ3) is 4.39. The van der Waals surface area contributed by atoms with Crippen molar-refractivity contribution in [1.82, 2.24) is 15.1 Å². The van der Waals surface area contributed by atoms with Crippen LogP contribution in [-0.2, 0) is 11.3 Å². The molecule has 7 heteroatoms. The van der Waals surface area contributed by atoms with E-state index >= 15 is 0 Å². The SMILES string of the molecule is CCO[C@@H](C)c1noc(COc2ccnc(-c3cccc(F)c3)c2)n1. The van der Waals surface area contributed by atoms with Gasteiger partial charge in [0.1, 0.15) is 17.7 Å². The lowest BCUT2D eigenvalue weighted by Crippen LogP contribution is -2.02. The van der Waals surface area contributed by atoms with E-state index in [9.17, 15) is 4.39 Å². The van der Waals surface area contributed by atoms with Crippen molar-refractivity contribution in [3.63, 3.8) is 0 Å². The summed E-state index contributed by atoms with van der Waals surface area (Å²) in [6, 6.07) is 9.68. The second kappa shape index (κ2) is 7.85. The average Bonchev–Trinajstić information content (AvgIpc) is 3.10. The van der Waals surface area contributed by atoms with Gasteiger partial charge in [0.2, 0.25) is 0 Å². The molecule has 0 aliphatic rings. The van der Waals surface area contributed by atoms with Crippen LogP contribution in [0.5, 0.6) is 5.75 Å². The molecule has 0 amide bonds. The van der Waals surface area contributed by atoms with Gasteiger partial charge >= 0.3 is 0 Å². The maximum Gasteiger partial charge on any atom is 0.264 e. The van der Waals surface area contributed by atoms with Crippen LogP contribution < -0.4 is 4.74 Å². The number of benzene rings is 1. The zero-order chi connectivity index (χ0) is 17.6. The van der Waals surface area contributed by atoms with Crippen molar-refractivity contribution in [3.8, 4) is 17.0 Å². The first kappa shape index (κ1) is 17.0. The summed E-state index contributed by atoms with van der Waals surface area (Å²) in [5.74, 6) is 1.10. The third-order valence-corrected chi connectivity index (χ3v) is 3.48. The van der Waals surface area contributed by atoms with Crippen LogP contribution in [0.2, 0.25) is 0 Å². The van der Waals surface area contributed by atoms with E-state index in [1.54, 1.807) is 30.5 Å². The molecule has 0 spiro atoms. The minimum Gasteiger partial charge on any atom is -0.484 e. The molecule has 0 saturated carbocycles. The van der Waals surface area contributed by atoms with E-state index in [4.69, 9.17) is 14.0 Å². The fraction of sp³-hybridized carbons (Fsp3) is 0.278. The van der Waals surface area contributed by atoms with Crippen LogP contribution in [0.4, 0.5) is 4.39 Å². The molecule has 0 aliphatic heterocycles. The van der Waals surface area contributed by atoms with Crippen molar-refractivity contribution in [2.75, 3.05) is 6.61 Å². The third-order valence-electron chi connectivity index (χ3n) is 3.48. The normalized spacial score (nSPS) is 12.1. The minimum atomic E-state index is -0.313. The van der Waals surface area contributed by atoms with Crippen LogP contribution in [-0.4, -0.2) is 21.7 Å². The Balaban J connectivity index is 1.67. The van der Waals surface area contributed by atoms with Gasteiger partial charge in [-0.2, -0.15) is 4.98 Å². The molecule has 6 nitrogen and oxygen atoms in total. The Morgan fingerprint density at radius 3 is 2.92 bits per heavy atom. The van der Waals surface area contributed by atoms with Gasteiger partial charge in [-0.3, -0.25) is 4.98 Å². The molecule has 25 heavy (non-hydrogen) atoms. The Bertz CT molecular complexity index is 838. The van der Waals surface area contributed by atoms with E-state index < -0.39 is 0 Å². The topological polar surface area (TPSA) is 70.3 Å². The molecule has 3 aromatic rings. The molecule has 2 aromatic heterocycles. The molecular formula is C18H18FN3O3. The van der Waals surface area contributed by atoms with Gasteiger partial charge in [0.25, 0.3) is 5.89 Å². The van der Waals surface area contributed by atoms with E-state index in [0.29, 0.717) is 35.3 Å². The highest BCUT2D eigenvalue weighted by atomic mass is 19.1. The van der Waals surface area contributed by atoms with Crippen LogP contribution >= 0.6 is 0 Å². The van der Waals surface area contributed by atoms with E-state index in [-0.39, 0.29) is 18.5 Å². The zero-order valence-electron chi connectivity index (χ0n) is 14.0. The number of halogens is 1. The summed E-state index contributed by atoms with van der Waals surface area (Å²) in [5, 5.41) is 3.88. The number of nitrogens with zero attached hydrogens (tertiary/aromatic N) is 3. The molecule has 0 radical (unpaired) electrons. The van der Waals surface area contributed by atoms with Crippen LogP contribution in [0.25, 0.3) is 11.3 Å². The van der Waals surface area contributed by atoms with Crippen molar-refractivity contribution in [3.05, 3.63) is 60.1 Å². The van der Waals surface area contributed by atoms with Crippen molar-refractivity contribution >= 4 is 0 Å². The molecule has 0 saturated heterocycles. The van der Waals surface area contributed by atoms with Gasteiger partial charge in [0.15, 0.2) is 12.4 Å². The Kier molecular flexibility index (Phi) is 5.35. The van der Waals surface area contributed by atoms with Crippen molar-refractivity contribution < 1.29 is 18.4 Å². The Labute approximate surface area is 144 Å². The monoisotopic (exact) mass is 343 g/mol. The van der Waals surface area contributed by atoms with Crippen molar-refractivity contribution in [2.45, 2.75) is 26.6 Å². The smallest absolute Gasteiger partial charge is 0.264 e. The lowest BCUT2D eigenvalue weighted by Gasteiger charge is -2.06. The quantitative estimate of drug-likeness (QED) is 0.647. The first-order valence-electron chi connectivity index (χ1n) is 7.94. The lowest BCUT2D eigenvalue weighted by atomic mass is 10.1. The highest BCUT2D eigenvalue weighted by Crippen LogP contribution is 2.22. The molecule has 0 unspecified atom stereocenters. The largest absolute Gasteiger partial charge is 0.484 e. The first-order valence-corrected chi connectivity index (χ1v) is 7.94. The molecule has 0 fully saturated rings. The Morgan fingerprint density at radius 1 is 1.24 bits per heavy atom. The van der Waals surface area contributed by atoms with Crippen LogP contribution in [0, 0.1) is 5.82 Å². The van der Waals surface area contributed by atoms with E-state index in [2.05, 4.69) is 15.1 Å². The standard InChI is InChI=1S/C18H18FN3O3/c1-3-23-12(2)18-21-17(25-22-18)11-24-15-7-8-20-16(10-15)13-5-4-6-14(19)9-13/h4-10,12H,3,11H2,1-2H3/t12-/m0/s1. The molecule has 0 N–H and O–H groups in total. The Morgan fingerprint density at radius 2 is 2.12 bits per heavy atom. The molecule has 0 bridgehead atoms. The zero-order valence-corrected chi connectivity index (χ0v) is 14.0. The van der Waals surface area contributed by atoms with E-state index in [0.717, 1.165) is 0 Å². The van der Waals surface area contributed by atoms with Crippen LogP contribution in [0.15, 0.2) is 47.1 Å². The van der Waals surface area contributed by atoms with E-state index in [1.807, 2.05) is 13.8 Å². The highest BCUT2D eigenvalue weighted by Gasteiger charge is 2.14. The average molecular weight is 343 g/mol. The number of pyridine rings is 1. The summed E-state index contributed by atoms with van der Waals surface area (Å²) in [5.41, 5.74) is 1.30. The molecule has 130 valence electrons. The maximum atomic E-state index is 13.3. The van der Waals surface area contributed by atoms with Gasteiger partial charge in [-0.05, 0) is 32.0 Å². The van der Waals surface area contributed by atoms with Gasteiger partial charge in [0.05, 0.1) is 5.69 Å². The molecular weight excluding hydrogens is 325 g/mol. The fourth-order valence-electron chi connectivity index (χ4n) is 2.27. The first-order chi connectivity index (χ1) is 12.2. The van der Waals surface area contributed by atoms with E-state index in [1.165, 1.54) is 12.1 Å². The number of hydrogen-bond donors (Lipinski definition) is 0. The lowest BCUT2D eigenvalue weighted by molar-refractivity contribution is 0.0683. The summed E-state index contributed by atoms with van der Waals surface area (Å²) in [6.45, 7) is 4.45. The van der Waals surface area contributed by atoms with Gasteiger partial charge in [0, 0.05) is 24.4 Å². The summed E-state index contributed by atoms with van der Waals surface area (Å²) in [6.07, 6.45) is 1.37.